The lowest BCUT2D eigenvalue weighted by Crippen LogP contribution is -2.29. The van der Waals surface area contributed by atoms with Gasteiger partial charge in [0.25, 0.3) is 0 Å². The minimum absolute atomic E-state index is 0.0272. The highest BCUT2D eigenvalue weighted by molar-refractivity contribution is 6.31. The minimum atomic E-state index is -0.482. The summed E-state index contributed by atoms with van der Waals surface area (Å²) in [6.45, 7) is 5.10. The molecule has 4 aromatic rings. The van der Waals surface area contributed by atoms with Gasteiger partial charge in [0.2, 0.25) is 11.9 Å². The fraction of sp³-hybridized carbons (Fsp3) is 0.222. The van der Waals surface area contributed by atoms with Crippen molar-refractivity contribution < 1.29 is 13.9 Å². The number of amides is 1. The Kier molecular flexibility index (Phi) is 8.13. The number of ether oxygens (including phenoxy) is 1. The fourth-order valence-corrected chi connectivity index (χ4v) is 4.06. The maximum absolute atomic E-state index is 13.9. The summed E-state index contributed by atoms with van der Waals surface area (Å²) >= 11 is 6.02. The number of hydrogen-bond donors (Lipinski definition) is 2. The first-order valence-corrected chi connectivity index (χ1v) is 12.2. The Balaban J connectivity index is 1.70. The number of hydrogen-bond acceptors (Lipinski definition) is 7. The Morgan fingerprint density at radius 1 is 1.18 bits per heavy atom. The fourth-order valence-electron chi connectivity index (χ4n) is 3.90. The van der Waals surface area contributed by atoms with Crippen molar-refractivity contribution in [1.82, 2.24) is 19.4 Å². The Bertz CT molecular complexity index is 1490. The van der Waals surface area contributed by atoms with Gasteiger partial charge in [-0.3, -0.25) is 4.79 Å². The number of aromatic nitrogens is 3. The summed E-state index contributed by atoms with van der Waals surface area (Å²) in [5.41, 5.74) is 2.61. The molecule has 0 aliphatic carbocycles. The van der Waals surface area contributed by atoms with Gasteiger partial charge in [0.1, 0.15) is 17.4 Å². The molecule has 0 atom stereocenters. The van der Waals surface area contributed by atoms with Crippen molar-refractivity contribution in [2.24, 2.45) is 0 Å². The highest BCUT2D eigenvalue weighted by Crippen LogP contribution is 2.38. The van der Waals surface area contributed by atoms with Gasteiger partial charge in [-0.05, 0) is 50.5 Å². The summed E-state index contributed by atoms with van der Waals surface area (Å²) < 4.78 is 21.4. The zero-order chi connectivity index (χ0) is 27.4. The molecule has 0 aliphatic heterocycles. The molecule has 2 aromatic carbocycles. The normalized spacial score (nSPS) is 11.0. The van der Waals surface area contributed by atoms with Gasteiger partial charge < -0.3 is 29.7 Å². The number of carbonyl (C=O) groups is 1. The standard InChI is InChI=1S/C27H29ClFN7O2/c1-6-26(37)31-20-15-21(24(38-5)16-23(20)35(4)12-11-34(2)3)32-27-30-9-7-25(33-27)36-10-8-17-13-19(29)18(28)14-22(17)36/h6-10,13-16H,1,11-12H2,2-5H3,(H,31,37)(H,30,32,33). The van der Waals surface area contributed by atoms with Crippen LogP contribution in [0, 0.1) is 5.82 Å². The number of likely N-dealkylation sites (N-methyl/N-ethyl adjacent to an activating group) is 2. The second kappa shape index (κ2) is 11.5. The van der Waals surface area contributed by atoms with E-state index in [1.165, 1.54) is 12.1 Å². The van der Waals surface area contributed by atoms with Crippen LogP contribution in [-0.4, -0.2) is 66.7 Å². The van der Waals surface area contributed by atoms with Crippen LogP contribution in [0.4, 0.5) is 27.4 Å². The van der Waals surface area contributed by atoms with E-state index in [-0.39, 0.29) is 10.9 Å². The average molecular weight is 538 g/mol. The molecule has 0 saturated carbocycles. The lowest BCUT2D eigenvalue weighted by molar-refractivity contribution is -0.111. The van der Waals surface area contributed by atoms with E-state index in [2.05, 4.69) is 32.1 Å². The van der Waals surface area contributed by atoms with E-state index in [1.54, 1.807) is 48.3 Å². The van der Waals surface area contributed by atoms with E-state index in [0.717, 1.165) is 18.8 Å². The number of fused-ring (bicyclic) bond motifs is 1. The van der Waals surface area contributed by atoms with Gasteiger partial charge in [0.15, 0.2) is 0 Å². The van der Waals surface area contributed by atoms with Gasteiger partial charge in [-0.15, -0.1) is 0 Å². The van der Waals surface area contributed by atoms with Gasteiger partial charge in [0, 0.05) is 44.0 Å². The first kappa shape index (κ1) is 26.9. The number of halogens is 2. The number of nitrogens with zero attached hydrogens (tertiary/aromatic N) is 5. The van der Waals surface area contributed by atoms with E-state index in [9.17, 15) is 9.18 Å². The molecular weight excluding hydrogens is 509 g/mol. The van der Waals surface area contributed by atoms with Crippen molar-refractivity contribution in [1.29, 1.82) is 0 Å². The van der Waals surface area contributed by atoms with Crippen LogP contribution in [0.15, 0.2) is 61.4 Å². The molecule has 0 spiro atoms. The van der Waals surface area contributed by atoms with Crippen molar-refractivity contribution in [3.63, 3.8) is 0 Å². The summed E-state index contributed by atoms with van der Waals surface area (Å²) in [7, 11) is 7.51. The third-order valence-electron chi connectivity index (χ3n) is 5.92. The van der Waals surface area contributed by atoms with E-state index in [4.69, 9.17) is 16.3 Å². The molecule has 9 nitrogen and oxygen atoms in total. The average Bonchev–Trinajstić information content (AvgIpc) is 3.30. The van der Waals surface area contributed by atoms with Gasteiger partial charge in [-0.1, -0.05) is 18.2 Å². The zero-order valence-corrected chi connectivity index (χ0v) is 22.4. The molecule has 38 heavy (non-hydrogen) atoms. The van der Waals surface area contributed by atoms with Gasteiger partial charge in [-0.25, -0.2) is 9.37 Å². The van der Waals surface area contributed by atoms with Crippen molar-refractivity contribution >= 4 is 51.4 Å². The molecule has 2 heterocycles. The predicted molar refractivity (Wildman–Crippen MR) is 151 cm³/mol. The lowest BCUT2D eigenvalue weighted by atomic mass is 10.2. The summed E-state index contributed by atoms with van der Waals surface area (Å²) in [6.07, 6.45) is 4.61. The van der Waals surface area contributed by atoms with E-state index in [0.29, 0.717) is 39.8 Å². The molecule has 0 aliphatic rings. The van der Waals surface area contributed by atoms with Crippen molar-refractivity contribution in [3.8, 4) is 11.6 Å². The quantitative estimate of drug-likeness (QED) is 0.272. The van der Waals surface area contributed by atoms with Crippen molar-refractivity contribution in [3.05, 3.63) is 72.3 Å². The maximum Gasteiger partial charge on any atom is 0.247 e. The Labute approximate surface area is 225 Å². The predicted octanol–water partition coefficient (Wildman–Crippen LogP) is 5.09. The van der Waals surface area contributed by atoms with E-state index in [1.807, 2.05) is 32.1 Å². The molecule has 2 N–H and O–H groups in total. The Hall–Kier alpha value is -4.15. The molecule has 1 amide bonds. The topological polar surface area (TPSA) is 87.5 Å². The summed E-state index contributed by atoms with van der Waals surface area (Å²) in [6, 6.07) is 10.1. The van der Waals surface area contributed by atoms with Crippen LogP contribution >= 0.6 is 11.6 Å². The largest absolute Gasteiger partial charge is 0.494 e. The number of anilines is 4. The highest BCUT2D eigenvalue weighted by Gasteiger charge is 2.17. The smallest absolute Gasteiger partial charge is 0.247 e. The Morgan fingerprint density at radius 3 is 2.68 bits per heavy atom. The molecule has 0 radical (unpaired) electrons. The van der Waals surface area contributed by atoms with E-state index < -0.39 is 5.82 Å². The van der Waals surface area contributed by atoms with Crippen LogP contribution in [0.3, 0.4) is 0 Å². The summed E-state index contributed by atoms with van der Waals surface area (Å²) in [4.78, 5) is 25.3. The van der Waals surface area contributed by atoms with Gasteiger partial charge in [0.05, 0.1) is 34.7 Å². The summed E-state index contributed by atoms with van der Waals surface area (Å²) in [5.74, 6) is 0.571. The van der Waals surface area contributed by atoms with Gasteiger partial charge >= 0.3 is 0 Å². The number of rotatable bonds is 10. The SMILES string of the molecule is C=CC(=O)Nc1cc(Nc2nccc(-n3ccc4cc(F)c(Cl)cc43)n2)c(OC)cc1N(C)CCN(C)C. The van der Waals surface area contributed by atoms with Crippen LogP contribution < -0.4 is 20.3 Å². The van der Waals surface area contributed by atoms with Crippen LogP contribution in [0.1, 0.15) is 0 Å². The molecule has 198 valence electrons. The molecule has 2 aromatic heterocycles. The molecule has 11 heteroatoms. The second-order valence-corrected chi connectivity index (χ2v) is 9.27. The molecule has 0 saturated heterocycles. The zero-order valence-electron chi connectivity index (χ0n) is 21.6. The maximum atomic E-state index is 13.9. The number of nitrogens with one attached hydrogen (secondary N) is 2. The molecule has 0 bridgehead atoms. The van der Waals surface area contributed by atoms with E-state index >= 15 is 0 Å². The molecule has 0 fully saturated rings. The number of methoxy groups -OCH3 is 1. The van der Waals surface area contributed by atoms with Crippen molar-refractivity contribution in [2.45, 2.75) is 0 Å². The first-order valence-electron chi connectivity index (χ1n) is 11.8. The number of benzene rings is 2. The summed E-state index contributed by atoms with van der Waals surface area (Å²) in [5, 5.41) is 6.79. The third-order valence-corrected chi connectivity index (χ3v) is 6.21. The minimum Gasteiger partial charge on any atom is -0.494 e. The number of carbonyl (C=O) groups excluding carboxylic acids is 1. The monoisotopic (exact) mass is 537 g/mol. The molecule has 4 rings (SSSR count). The third kappa shape index (κ3) is 5.87. The highest BCUT2D eigenvalue weighted by atomic mass is 35.5. The van der Waals surface area contributed by atoms with Crippen molar-refractivity contribution in [2.75, 3.05) is 56.9 Å². The van der Waals surface area contributed by atoms with Crippen LogP contribution in [0.2, 0.25) is 5.02 Å². The van der Waals surface area contributed by atoms with Crippen LogP contribution in [0.5, 0.6) is 5.75 Å². The lowest BCUT2D eigenvalue weighted by Gasteiger charge is -2.26. The van der Waals surface area contributed by atoms with Gasteiger partial charge in [-0.2, -0.15) is 4.98 Å². The van der Waals surface area contributed by atoms with Crippen LogP contribution in [0.25, 0.3) is 16.7 Å². The first-order chi connectivity index (χ1) is 18.2. The molecular formula is C27H29ClFN7O2. The molecule has 0 unspecified atom stereocenters. The second-order valence-electron chi connectivity index (χ2n) is 8.86. The Morgan fingerprint density at radius 2 is 1.97 bits per heavy atom. The van der Waals surface area contributed by atoms with Crippen LogP contribution in [-0.2, 0) is 4.79 Å².